The van der Waals surface area contributed by atoms with Crippen molar-refractivity contribution in [3.05, 3.63) is 88.8 Å². The van der Waals surface area contributed by atoms with E-state index in [1.54, 1.807) is 16.9 Å². The minimum absolute atomic E-state index is 0.0603. The average molecular weight is 568 g/mol. The first kappa shape index (κ1) is 27.7. The number of fused-ring (bicyclic) bond motifs is 2. The number of carbonyl (C=O) groups excluding carboxylic acids is 2. The van der Waals surface area contributed by atoms with Crippen LogP contribution in [0.1, 0.15) is 65.0 Å². The maximum atomic E-state index is 13.6. The van der Waals surface area contributed by atoms with Crippen LogP contribution < -0.4 is 11.1 Å². The fraction of sp³-hybridized carbons (Fsp3) is 0.375. The number of carbonyl (C=O) groups is 2. The molecule has 6 heterocycles. The van der Waals surface area contributed by atoms with Crippen molar-refractivity contribution >= 4 is 28.6 Å². The fourth-order valence-electron chi connectivity index (χ4n) is 5.99. The Hall–Kier alpha value is -4.44. The molecule has 2 saturated heterocycles. The van der Waals surface area contributed by atoms with Crippen LogP contribution in [0.4, 0.5) is 5.82 Å². The van der Waals surface area contributed by atoms with Crippen molar-refractivity contribution in [3.63, 3.8) is 0 Å². The Morgan fingerprint density at radius 1 is 1.19 bits per heavy atom. The van der Waals surface area contributed by atoms with Gasteiger partial charge in [0, 0.05) is 74.8 Å². The number of nitrogens with two attached hydrogens (primary N) is 1. The summed E-state index contributed by atoms with van der Waals surface area (Å²) in [5, 5.41) is 7.77. The van der Waals surface area contributed by atoms with Crippen molar-refractivity contribution in [1.82, 2.24) is 24.4 Å². The fourth-order valence-corrected chi connectivity index (χ4v) is 5.99. The molecule has 3 aliphatic heterocycles. The quantitative estimate of drug-likeness (QED) is 0.428. The Kier molecular flexibility index (Phi) is 7.80. The summed E-state index contributed by atoms with van der Waals surface area (Å²) in [5.41, 5.74) is 12.4. The van der Waals surface area contributed by atoms with Gasteiger partial charge in [0.15, 0.2) is 5.78 Å². The SMILES string of the molecule is C/C=C1\CN(C(=O)c2cnc3c(c2)C(c2ccn4ncc(C(=O)CC5CCOCC5)c4c2)=CCN3)CCN1/C=C(/C)N. The van der Waals surface area contributed by atoms with Crippen molar-refractivity contribution in [1.29, 1.82) is 0 Å². The predicted molar refractivity (Wildman–Crippen MR) is 162 cm³/mol. The number of hydrogen-bond donors (Lipinski definition) is 2. The number of aromatic nitrogens is 3. The topological polar surface area (TPSA) is 118 Å². The number of nitrogens with one attached hydrogen (secondary N) is 1. The number of anilines is 1. The second-order valence-corrected chi connectivity index (χ2v) is 11.2. The summed E-state index contributed by atoms with van der Waals surface area (Å²) in [6.45, 7) is 7.64. The molecule has 42 heavy (non-hydrogen) atoms. The largest absolute Gasteiger partial charge is 0.401 e. The number of rotatable bonds is 6. The molecule has 3 aromatic heterocycles. The van der Waals surface area contributed by atoms with Crippen LogP contribution in [0.5, 0.6) is 0 Å². The molecule has 218 valence electrons. The van der Waals surface area contributed by atoms with Crippen LogP contribution in [0.25, 0.3) is 11.1 Å². The molecule has 0 saturated carbocycles. The molecular formula is C32H37N7O3. The Morgan fingerprint density at radius 2 is 2.02 bits per heavy atom. The summed E-state index contributed by atoms with van der Waals surface area (Å²) >= 11 is 0. The average Bonchev–Trinajstić information content (AvgIpc) is 3.44. The van der Waals surface area contributed by atoms with Crippen LogP contribution in [-0.2, 0) is 4.74 Å². The number of hydrogen-bond acceptors (Lipinski definition) is 8. The highest BCUT2D eigenvalue weighted by molar-refractivity contribution is 6.03. The lowest BCUT2D eigenvalue weighted by Crippen LogP contribution is -2.45. The Bertz CT molecular complexity index is 1610. The van der Waals surface area contributed by atoms with E-state index >= 15 is 0 Å². The van der Waals surface area contributed by atoms with Gasteiger partial charge >= 0.3 is 0 Å². The Balaban J connectivity index is 1.26. The first-order valence-corrected chi connectivity index (χ1v) is 14.6. The first-order chi connectivity index (χ1) is 20.4. The van der Waals surface area contributed by atoms with Crippen molar-refractivity contribution in [2.75, 3.05) is 44.7 Å². The number of piperazine rings is 1. The van der Waals surface area contributed by atoms with Crippen LogP contribution in [0.3, 0.4) is 0 Å². The lowest BCUT2D eigenvalue weighted by atomic mass is 9.91. The zero-order valence-electron chi connectivity index (χ0n) is 24.2. The molecule has 0 aromatic carbocycles. The van der Waals surface area contributed by atoms with E-state index in [9.17, 15) is 9.59 Å². The van der Waals surface area contributed by atoms with Gasteiger partial charge in [0.1, 0.15) is 5.82 Å². The van der Waals surface area contributed by atoms with E-state index in [-0.39, 0.29) is 11.7 Å². The van der Waals surface area contributed by atoms with Crippen molar-refractivity contribution in [3.8, 4) is 0 Å². The summed E-state index contributed by atoms with van der Waals surface area (Å²) < 4.78 is 7.21. The second-order valence-electron chi connectivity index (χ2n) is 11.2. The van der Waals surface area contributed by atoms with Gasteiger partial charge in [-0.25, -0.2) is 9.50 Å². The third-order valence-electron chi connectivity index (χ3n) is 8.26. The standard InChI is InChI=1S/C32H37N7O3/c1-3-25-20-38(11-10-37(25)19-21(2)33)32(41)24-15-27-26(4-8-34-31(27)35-17-24)23-5-9-39-29(16-23)28(18-36-39)30(40)14-22-6-12-42-13-7-22/h3-5,9,15-19,22H,6-8,10-14,20,33H2,1-2H3,(H,34,35)/b21-19-,25-3+. The van der Waals surface area contributed by atoms with E-state index in [0.29, 0.717) is 49.6 Å². The van der Waals surface area contributed by atoms with E-state index in [0.717, 1.165) is 65.5 Å². The predicted octanol–water partition coefficient (Wildman–Crippen LogP) is 4.07. The van der Waals surface area contributed by atoms with Gasteiger partial charge in [-0.05, 0) is 61.9 Å². The minimum atomic E-state index is -0.0603. The van der Waals surface area contributed by atoms with Crippen molar-refractivity contribution in [2.24, 2.45) is 11.7 Å². The van der Waals surface area contributed by atoms with Crippen LogP contribution in [-0.4, -0.2) is 75.5 Å². The molecule has 2 fully saturated rings. The van der Waals surface area contributed by atoms with Gasteiger partial charge < -0.3 is 25.6 Å². The number of allylic oxidation sites excluding steroid dienone is 2. The number of Topliss-reactive ketones (excluding diaryl/α,β-unsaturated/α-hetero) is 1. The highest BCUT2D eigenvalue weighted by Crippen LogP contribution is 2.33. The molecular weight excluding hydrogens is 530 g/mol. The molecule has 0 bridgehead atoms. The van der Waals surface area contributed by atoms with Gasteiger partial charge in [-0.2, -0.15) is 5.10 Å². The molecule has 0 atom stereocenters. The highest BCUT2D eigenvalue weighted by atomic mass is 16.5. The molecule has 3 aliphatic rings. The van der Waals surface area contributed by atoms with Crippen molar-refractivity contribution < 1.29 is 14.3 Å². The van der Waals surface area contributed by atoms with E-state index in [1.807, 2.05) is 55.4 Å². The molecule has 1 amide bonds. The van der Waals surface area contributed by atoms with Gasteiger partial charge in [-0.15, -0.1) is 0 Å². The minimum Gasteiger partial charge on any atom is -0.401 e. The van der Waals surface area contributed by atoms with Gasteiger partial charge in [-0.1, -0.05) is 12.2 Å². The molecule has 3 aromatic rings. The third kappa shape index (κ3) is 5.54. The summed E-state index contributed by atoms with van der Waals surface area (Å²) in [7, 11) is 0. The first-order valence-electron chi connectivity index (χ1n) is 14.6. The zero-order chi connectivity index (χ0) is 29.2. The number of nitrogens with zero attached hydrogens (tertiary/aromatic N) is 5. The van der Waals surface area contributed by atoms with Gasteiger partial charge in [-0.3, -0.25) is 9.59 Å². The summed E-state index contributed by atoms with van der Waals surface area (Å²) in [6, 6.07) is 5.93. The van der Waals surface area contributed by atoms with Crippen LogP contribution >= 0.6 is 0 Å². The number of ketones is 1. The smallest absolute Gasteiger partial charge is 0.255 e. The highest BCUT2D eigenvalue weighted by Gasteiger charge is 2.27. The van der Waals surface area contributed by atoms with Gasteiger partial charge in [0.2, 0.25) is 0 Å². The molecule has 6 rings (SSSR count). The molecule has 3 N–H and O–H groups in total. The van der Waals surface area contributed by atoms with E-state index in [4.69, 9.17) is 10.5 Å². The molecule has 0 spiro atoms. The molecule has 10 heteroatoms. The Morgan fingerprint density at radius 3 is 2.81 bits per heavy atom. The molecule has 0 aliphatic carbocycles. The van der Waals surface area contributed by atoms with Crippen molar-refractivity contribution in [2.45, 2.75) is 33.1 Å². The summed E-state index contributed by atoms with van der Waals surface area (Å²) in [4.78, 5) is 35.5. The Labute approximate surface area is 245 Å². The number of amides is 1. The van der Waals surface area contributed by atoms with Gasteiger partial charge in [0.25, 0.3) is 5.91 Å². The maximum absolute atomic E-state index is 13.6. The summed E-state index contributed by atoms with van der Waals surface area (Å²) in [5.74, 6) is 1.13. The van der Waals surface area contributed by atoms with E-state index in [2.05, 4.69) is 26.4 Å². The lowest BCUT2D eigenvalue weighted by molar-refractivity contribution is 0.0601. The number of pyridine rings is 2. The zero-order valence-corrected chi connectivity index (χ0v) is 24.2. The molecule has 0 radical (unpaired) electrons. The van der Waals surface area contributed by atoms with Crippen LogP contribution in [0.2, 0.25) is 0 Å². The monoisotopic (exact) mass is 567 g/mol. The summed E-state index contributed by atoms with van der Waals surface area (Å²) in [6.07, 6.45) is 13.6. The molecule has 10 nitrogen and oxygen atoms in total. The number of ether oxygens (including phenoxy) is 1. The second kappa shape index (κ2) is 11.8. The molecule has 0 unspecified atom stereocenters. The van der Waals surface area contributed by atoms with Gasteiger partial charge in [0.05, 0.1) is 29.4 Å². The normalized spacial score (nSPS) is 19.0. The third-order valence-corrected chi connectivity index (χ3v) is 8.26. The van der Waals surface area contributed by atoms with E-state index in [1.165, 1.54) is 0 Å². The van der Waals surface area contributed by atoms with Crippen LogP contribution in [0, 0.1) is 5.92 Å². The lowest BCUT2D eigenvalue weighted by Gasteiger charge is -2.36. The maximum Gasteiger partial charge on any atom is 0.255 e. The van der Waals surface area contributed by atoms with Crippen LogP contribution in [0.15, 0.2) is 66.5 Å². The van der Waals surface area contributed by atoms with E-state index < -0.39 is 0 Å².